The fourth-order valence-electron chi connectivity index (χ4n) is 2.35. The van der Waals surface area contributed by atoms with Crippen LogP contribution in [0.5, 0.6) is 0 Å². The fourth-order valence-corrected chi connectivity index (χ4v) is 2.35. The Labute approximate surface area is 126 Å². The molecule has 0 aliphatic heterocycles. The van der Waals surface area contributed by atoms with Gasteiger partial charge in [-0.2, -0.15) is 0 Å². The number of hydrogen-bond acceptors (Lipinski definition) is 3. The van der Waals surface area contributed by atoms with E-state index in [2.05, 4.69) is 6.07 Å². The van der Waals surface area contributed by atoms with Crippen molar-refractivity contribution in [2.24, 2.45) is 11.5 Å². The van der Waals surface area contributed by atoms with Crippen LogP contribution >= 0.6 is 0 Å². The van der Waals surface area contributed by atoms with Crippen LogP contribution in [-0.2, 0) is 24.2 Å². The van der Waals surface area contributed by atoms with Crippen molar-refractivity contribution in [2.45, 2.75) is 31.8 Å². The summed E-state index contributed by atoms with van der Waals surface area (Å²) in [5.74, 6) is 0.108. The maximum atomic E-state index is 12.1. The van der Waals surface area contributed by atoms with Gasteiger partial charge in [-0.25, -0.2) is 0 Å². The van der Waals surface area contributed by atoms with E-state index in [0.717, 1.165) is 23.1 Å². The summed E-state index contributed by atoms with van der Waals surface area (Å²) in [5.41, 5.74) is 15.0. The van der Waals surface area contributed by atoms with E-state index in [0.29, 0.717) is 19.4 Å². The Balaban J connectivity index is 1.86. The Morgan fingerprint density at radius 2 is 1.62 bits per heavy atom. The molecule has 0 aromatic heterocycles. The van der Waals surface area contributed by atoms with Gasteiger partial charge >= 0.3 is 0 Å². The summed E-state index contributed by atoms with van der Waals surface area (Å²) in [4.78, 5) is 12.1. The predicted octanol–water partition coefficient (Wildman–Crippen LogP) is 2.22. The summed E-state index contributed by atoms with van der Waals surface area (Å²) < 4.78 is 0. The number of nitrogens with two attached hydrogens (primary N) is 2. The van der Waals surface area contributed by atoms with E-state index in [-0.39, 0.29) is 5.78 Å². The molecule has 2 rings (SSSR count). The lowest BCUT2D eigenvalue weighted by Crippen LogP contribution is -2.32. The fraction of sp³-hybridized carbons (Fsp3) is 0.278. The Morgan fingerprint density at radius 3 is 2.33 bits per heavy atom. The molecule has 1 unspecified atom stereocenters. The predicted molar refractivity (Wildman–Crippen MR) is 85.8 cm³/mol. The summed E-state index contributed by atoms with van der Waals surface area (Å²) in [6.07, 6.45) is 1.79. The summed E-state index contributed by atoms with van der Waals surface area (Å²) in [6.45, 7) is 0.523. The topological polar surface area (TPSA) is 69.1 Å². The van der Waals surface area contributed by atoms with Crippen LogP contribution in [0, 0.1) is 0 Å². The van der Waals surface area contributed by atoms with E-state index in [9.17, 15) is 4.79 Å². The third kappa shape index (κ3) is 4.81. The maximum absolute atomic E-state index is 12.1. The first kappa shape index (κ1) is 15.4. The maximum Gasteiger partial charge on any atom is 0.150 e. The van der Waals surface area contributed by atoms with Crippen LogP contribution in [0.25, 0.3) is 0 Å². The summed E-state index contributed by atoms with van der Waals surface area (Å²) in [6, 6.07) is 17.5. The van der Waals surface area contributed by atoms with Gasteiger partial charge in [-0.15, -0.1) is 0 Å². The van der Waals surface area contributed by atoms with E-state index in [1.54, 1.807) is 0 Å². The first-order valence-electron chi connectivity index (χ1n) is 7.29. The number of rotatable bonds is 7. The molecule has 2 aromatic rings. The molecule has 1 atom stereocenters. The number of benzene rings is 2. The van der Waals surface area contributed by atoms with E-state index in [1.807, 2.05) is 48.5 Å². The number of ketones is 1. The number of carbonyl (C=O) groups excluding carboxylic acids is 1. The van der Waals surface area contributed by atoms with Gasteiger partial charge in [-0.1, -0.05) is 54.6 Å². The largest absolute Gasteiger partial charge is 0.326 e. The first-order valence-corrected chi connectivity index (χ1v) is 7.29. The smallest absolute Gasteiger partial charge is 0.150 e. The standard InChI is InChI=1S/C18H22N2O/c19-13-16-8-4-7-15(11-16)9-10-18(21)17(20)12-14-5-2-1-3-6-14/h1-8,11,17H,9-10,12-13,19-20H2. The van der Waals surface area contributed by atoms with Crippen LogP contribution in [0.15, 0.2) is 54.6 Å². The van der Waals surface area contributed by atoms with Gasteiger partial charge in [0.25, 0.3) is 0 Å². The van der Waals surface area contributed by atoms with Crippen molar-refractivity contribution in [1.82, 2.24) is 0 Å². The second kappa shape index (κ2) is 7.72. The molecule has 3 nitrogen and oxygen atoms in total. The lowest BCUT2D eigenvalue weighted by atomic mass is 9.98. The van der Waals surface area contributed by atoms with Gasteiger partial charge in [-0.05, 0) is 29.5 Å². The van der Waals surface area contributed by atoms with Crippen LogP contribution in [-0.4, -0.2) is 11.8 Å². The highest BCUT2D eigenvalue weighted by Gasteiger charge is 2.13. The average Bonchev–Trinajstić information content (AvgIpc) is 2.53. The molecule has 0 radical (unpaired) electrons. The Hall–Kier alpha value is -1.97. The number of carbonyl (C=O) groups is 1. The Morgan fingerprint density at radius 1 is 0.952 bits per heavy atom. The molecule has 0 bridgehead atoms. The molecule has 0 amide bonds. The Bertz CT molecular complexity index is 581. The van der Waals surface area contributed by atoms with E-state index >= 15 is 0 Å². The third-order valence-corrected chi connectivity index (χ3v) is 3.60. The molecular formula is C18H22N2O. The van der Waals surface area contributed by atoms with Gasteiger partial charge in [0.15, 0.2) is 0 Å². The van der Waals surface area contributed by atoms with Gasteiger partial charge < -0.3 is 11.5 Å². The SMILES string of the molecule is NCc1cccc(CCC(=O)C(N)Cc2ccccc2)c1. The van der Waals surface area contributed by atoms with Crippen LogP contribution in [0.4, 0.5) is 0 Å². The van der Waals surface area contributed by atoms with Crippen LogP contribution in [0.2, 0.25) is 0 Å². The van der Waals surface area contributed by atoms with Crippen molar-refractivity contribution in [3.63, 3.8) is 0 Å². The van der Waals surface area contributed by atoms with Crippen molar-refractivity contribution in [2.75, 3.05) is 0 Å². The van der Waals surface area contributed by atoms with Crippen molar-refractivity contribution in [3.05, 3.63) is 71.3 Å². The summed E-state index contributed by atoms with van der Waals surface area (Å²) >= 11 is 0. The van der Waals surface area contributed by atoms with Crippen molar-refractivity contribution < 1.29 is 4.79 Å². The minimum Gasteiger partial charge on any atom is -0.326 e. The highest BCUT2D eigenvalue weighted by molar-refractivity contribution is 5.84. The molecule has 3 heteroatoms. The van der Waals surface area contributed by atoms with Gasteiger partial charge in [0.1, 0.15) is 5.78 Å². The van der Waals surface area contributed by atoms with Crippen molar-refractivity contribution in [3.8, 4) is 0 Å². The molecule has 21 heavy (non-hydrogen) atoms. The van der Waals surface area contributed by atoms with E-state index in [4.69, 9.17) is 11.5 Å². The van der Waals surface area contributed by atoms with Crippen molar-refractivity contribution >= 4 is 5.78 Å². The zero-order valence-electron chi connectivity index (χ0n) is 12.2. The Kier molecular flexibility index (Phi) is 5.67. The molecule has 0 spiro atoms. The van der Waals surface area contributed by atoms with Crippen LogP contribution < -0.4 is 11.5 Å². The second-order valence-corrected chi connectivity index (χ2v) is 5.29. The molecule has 0 heterocycles. The number of aryl methyl sites for hydroxylation is 1. The lowest BCUT2D eigenvalue weighted by molar-refractivity contribution is -0.120. The third-order valence-electron chi connectivity index (χ3n) is 3.60. The zero-order valence-corrected chi connectivity index (χ0v) is 12.2. The molecule has 0 saturated carbocycles. The number of hydrogen-bond donors (Lipinski definition) is 2. The van der Waals surface area contributed by atoms with Crippen molar-refractivity contribution in [1.29, 1.82) is 0 Å². The van der Waals surface area contributed by atoms with Crippen LogP contribution in [0.1, 0.15) is 23.1 Å². The minimum absolute atomic E-state index is 0.108. The number of Topliss-reactive ketones (excluding diaryl/α,β-unsaturated/α-hetero) is 1. The van der Waals surface area contributed by atoms with E-state index in [1.165, 1.54) is 0 Å². The normalized spacial score (nSPS) is 12.1. The summed E-state index contributed by atoms with van der Waals surface area (Å²) in [5, 5.41) is 0. The zero-order chi connectivity index (χ0) is 15.1. The second-order valence-electron chi connectivity index (χ2n) is 5.29. The summed E-state index contributed by atoms with van der Waals surface area (Å²) in [7, 11) is 0. The molecule has 0 saturated heterocycles. The average molecular weight is 282 g/mol. The first-order chi connectivity index (χ1) is 10.2. The monoisotopic (exact) mass is 282 g/mol. The van der Waals surface area contributed by atoms with Crippen LogP contribution in [0.3, 0.4) is 0 Å². The van der Waals surface area contributed by atoms with E-state index < -0.39 is 6.04 Å². The van der Waals surface area contributed by atoms with Gasteiger partial charge in [0, 0.05) is 13.0 Å². The quantitative estimate of drug-likeness (QED) is 0.818. The molecular weight excluding hydrogens is 260 g/mol. The van der Waals surface area contributed by atoms with Gasteiger partial charge in [-0.3, -0.25) is 4.79 Å². The molecule has 110 valence electrons. The molecule has 0 aliphatic rings. The molecule has 4 N–H and O–H groups in total. The highest BCUT2D eigenvalue weighted by atomic mass is 16.1. The highest BCUT2D eigenvalue weighted by Crippen LogP contribution is 2.09. The molecule has 0 aliphatic carbocycles. The van der Waals surface area contributed by atoms with Gasteiger partial charge in [0.05, 0.1) is 6.04 Å². The molecule has 0 fully saturated rings. The minimum atomic E-state index is -0.426. The lowest BCUT2D eigenvalue weighted by Gasteiger charge is -2.11. The van der Waals surface area contributed by atoms with Gasteiger partial charge in [0.2, 0.25) is 0 Å². The molecule has 2 aromatic carbocycles.